The van der Waals surface area contributed by atoms with E-state index in [1.807, 2.05) is 48.9 Å². The van der Waals surface area contributed by atoms with Crippen LogP contribution in [0.4, 0.5) is 11.4 Å². The number of hydrogen-bond donors (Lipinski definition) is 3. The number of nitrogens with zero attached hydrogens (tertiary/aromatic N) is 5. The Hall–Kier alpha value is -4.98. The fraction of sp³-hybridized carbons (Fsp3) is 0.161. The largest absolute Gasteiger partial charge is 0.371 e. The van der Waals surface area contributed by atoms with Crippen LogP contribution in [0.1, 0.15) is 24.8 Å². The van der Waals surface area contributed by atoms with Crippen LogP contribution >= 0.6 is 0 Å². The van der Waals surface area contributed by atoms with Crippen molar-refractivity contribution in [1.29, 1.82) is 0 Å². The van der Waals surface area contributed by atoms with Crippen molar-refractivity contribution >= 4 is 39.1 Å². The highest BCUT2D eigenvalue weighted by Crippen LogP contribution is 2.34. The summed E-state index contributed by atoms with van der Waals surface area (Å²) in [6, 6.07) is 18.5. The first-order chi connectivity index (χ1) is 19.2. The van der Waals surface area contributed by atoms with Gasteiger partial charge in [0.05, 0.1) is 23.3 Å². The molecular weight excluding hydrogens is 484 g/mol. The summed E-state index contributed by atoms with van der Waals surface area (Å²) >= 11 is 0. The number of rotatable bonds is 6. The second kappa shape index (κ2) is 9.72. The Bertz CT molecular complexity index is 1790. The van der Waals surface area contributed by atoms with Crippen LogP contribution in [0.15, 0.2) is 86.0 Å². The number of nitrogens with one attached hydrogen (secondary N) is 3. The molecule has 8 heteroatoms. The number of H-pyrrole nitrogens is 2. The minimum Gasteiger partial charge on any atom is -0.371 e. The Morgan fingerprint density at radius 2 is 1.72 bits per heavy atom. The summed E-state index contributed by atoms with van der Waals surface area (Å²) in [5.74, 6) is 0. The number of hydrogen-bond acceptors (Lipinski definition) is 6. The summed E-state index contributed by atoms with van der Waals surface area (Å²) in [5.41, 5.74) is 9.22. The predicted molar refractivity (Wildman–Crippen MR) is 157 cm³/mol. The molecule has 0 amide bonds. The summed E-state index contributed by atoms with van der Waals surface area (Å²) in [7, 11) is 0. The van der Waals surface area contributed by atoms with Gasteiger partial charge in [0.2, 0.25) is 0 Å². The Balaban J connectivity index is 1.22. The monoisotopic (exact) mass is 512 g/mol. The molecule has 0 saturated carbocycles. The third kappa shape index (κ3) is 4.40. The van der Waals surface area contributed by atoms with Gasteiger partial charge in [-0.05, 0) is 49.1 Å². The molecule has 0 aliphatic carbocycles. The number of anilines is 2. The van der Waals surface area contributed by atoms with E-state index in [1.54, 1.807) is 6.20 Å². The Kier molecular flexibility index (Phi) is 5.77. The van der Waals surface area contributed by atoms with E-state index >= 15 is 0 Å². The SMILES string of the molecule is C=C(Nc1cncc(-c2cnc3n[nH]c(-c4cc5c(N6CCCCC6)ccnc5[nH]4)c3c2)c1)c1ccccc1. The molecule has 0 atom stereocenters. The van der Waals surface area contributed by atoms with Crippen LogP contribution in [0.25, 0.3) is 50.3 Å². The fourth-order valence-corrected chi connectivity index (χ4v) is 5.37. The predicted octanol–water partition coefficient (Wildman–Crippen LogP) is 6.64. The Morgan fingerprint density at radius 1 is 0.872 bits per heavy atom. The number of aromatic amines is 2. The van der Waals surface area contributed by atoms with Gasteiger partial charge in [-0.1, -0.05) is 36.9 Å². The van der Waals surface area contributed by atoms with Crippen LogP contribution in [-0.2, 0) is 0 Å². The highest BCUT2D eigenvalue weighted by Gasteiger charge is 2.18. The van der Waals surface area contributed by atoms with Gasteiger partial charge in [0.1, 0.15) is 5.65 Å². The van der Waals surface area contributed by atoms with E-state index in [0.717, 1.165) is 69.0 Å². The van der Waals surface area contributed by atoms with Crippen molar-refractivity contribution in [2.75, 3.05) is 23.3 Å². The summed E-state index contributed by atoms with van der Waals surface area (Å²) < 4.78 is 0. The first-order valence-electron chi connectivity index (χ1n) is 13.3. The van der Waals surface area contributed by atoms with Crippen LogP contribution in [-0.4, -0.2) is 43.2 Å². The maximum absolute atomic E-state index is 4.64. The minimum absolute atomic E-state index is 0.663. The van der Waals surface area contributed by atoms with Crippen LogP contribution in [0.5, 0.6) is 0 Å². The normalized spacial score (nSPS) is 13.7. The van der Waals surface area contributed by atoms with E-state index in [0.29, 0.717) is 5.65 Å². The van der Waals surface area contributed by atoms with Crippen molar-refractivity contribution in [2.45, 2.75) is 19.3 Å². The minimum atomic E-state index is 0.663. The molecule has 1 aliphatic heterocycles. The zero-order chi connectivity index (χ0) is 26.2. The molecule has 1 saturated heterocycles. The second-order valence-electron chi connectivity index (χ2n) is 9.95. The van der Waals surface area contributed by atoms with Gasteiger partial charge in [-0.25, -0.2) is 9.97 Å². The summed E-state index contributed by atoms with van der Waals surface area (Å²) in [5, 5.41) is 13.1. The maximum atomic E-state index is 4.64. The van der Waals surface area contributed by atoms with Gasteiger partial charge in [-0.15, -0.1) is 0 Å². The molecule has 192 valence electrons. The molecular formula is C31H28N8. The van der Waals surface area contributed by atoms with Crippen molar-refractivity contribution in [1.82, 2.24) is 30.1 Å². The zero-order valence-electron chi connectivity index (χ0n) is 21.5. The van der Waals surface area contributed by atoms with E-state index in [4.69, 9.17) is 0 Å². The van der Waals surface area contributed by atoms with Gasteiger partial charge in [0, 0.05) is 65.0 Å². The average molecular weight is 513 g/mol. The quantitative estimate of drug-likeness (QED) is 0.232. The molecule has 0 radical (unpaired) electrons. The number of aromatic nitrogens is 6. The number of benzene rings is 1. The lowest BCUT2D eigenvalue weighted by atomic mass is 10.1. The third-order valence-corrected chi connectivity index (χ3v) is 7.37. The van der Waals surface area contributed by atoms with Crippen molar-refractivity contribution in [3.63, 3.8) is 0 Å². The number of fused-ring (bicyclic) bond motifs is 2. The molecule has 3 N–H and O–H groups in total. The molecule has 1 aliphatic rings. The van der Waals surface area contributed by atoms with Crippen molar-refractivity contribution in [3.05, 3.63) is 91.5 Å². The molecule has 0 unspecified atom stereocenters. The van der Waals surface area contributed by atoms with E-state index in [2.05, 4.69) is 71.2 Å². The molecule has 1 fully saturated rings. The Labute approximate surface area is 225 Å². The molecule has 7 rings (SSSR count). The van der Waals surface area contributed by atoms with Crippen LogP contribution in [0.2, 0.25) is 0 Å². The average Bonchev–Trinajstić information content (AvgIpc) is 3.62. The van der Waals surface area contributed by atoms with Crippen molar-refractivity contribution < 1.29 is 0 Å². The standard InChI is InChI=1S/C31H28N8/c1-20(21-8-4-2-5-9-21)35-24-14-22(17-32-19-24)23-15-26-29(37-38-31(26)34-18-23)27-16-25-28(10-11-33-30(25)36-27)39-12-6-3-7-13-39/h2,4-5,8-11,14-19,35H,1,3,6-7,12-13H2,(H,33,36)(H,34,37,38). The molecule has 5 aromatic heterocycles. The molecule has 6 heterocycles. The summed E-state index contributed by atoms with van der Waals surface area (Å²) in [6.45, 7) is 6.35. The van der Waals surface area contributed by atoms with Crippen LogP contribution in [0, 0.1) is 0 Å². The highest BCUT2D eigenvalue weighted by atomic mass is 15.2. The van der Waals surface area contributed by atoms with Gasteiger partial charge >= 0.3 is 0 Å². The number of piperidine rings is 1. The van der Waals surface area contributed by atoms with E-state index in [-0.39, 0.29) is 0 Å². The van der Waals surface area contributed by atoms with E-state index in [1.165, 1.54) is 24.9 Å². The summed E-state index contributed by atoms with van der Waals surface area (Å²) in [6.07, 6.45) is 11.1. The first-order valence-corrected chi connectivity index (χ1v) is 13.3. The Morgan fingerprint density at radius 3 is 2.59 bits per heavy atom. The highest BCUT2D eigenvalue weighted by molar-refractivity contribution is 5.98. The van der Waals surface area contributed by atoms with Gasteiger partial charge < -0.3 is 15.2 Å². The van der Waals surface area contributed by atoms with Crippen LogP contribution < -0.4 is 10.2 Å². The molecule has 6 aromatic rings. The molecule has 8 nitrogen and oxygen atoms in total. The van der Waals surface area contributed by atoms with Crippen molar-refractivity contribution in [2.24, 2.45) is 0 Å². The second-order valence-corrected chi connectivity index (χ2v) is 9.95. The molecule has 0 spiro atoms. The summed E-state index contributed by atoms with van der Waals surface area (Å²) in [4.78, 5) is 19.7. The van der Waals surface area contributed by atoms with E-state index < -0.39 is 0 Å². The third-order valence-electron chi connectivity index (χ3n) is 7.37. The fourth-order valence-electron chi connectivity index (χ4n) is 5.37. The molecule has 0 bridgehead atoms. The molecule has 1 aromatic carbocycles. The zero-order valence-corrected chi connectivity index (χ0v) is 21.5. The van der Waals surface area contributed by atoms with Crippen LogP contribution in [0.3, 0.4) is 0 Å². The van der Waals surface area contributed by atoms with Crippen molar-refractivity contribution in [3.8, 4) is 22.5 Å². The van der Waals surface area contributed by atoms with Gasteiger partial charge in [0.15, 0.2) is 5.65 Å². The van der Waals surface area contributed by atoms with Gasteiger partial charge in [-0.2, -0.15) is 5.10 Å². The van der Waals surface area contributed by atoms with E-state index in [9.17, 15) is 0 Å². The lowest BCUT2D eigenvalue weighted by molar-refractivity contribution is 0.579. The topological polar surface area (TPSA) is 98.4 Å². The lowest BCUT2D eigenvalue weighted by Gasteiger charge is -2.29. The van der Waals surface area contributed by atoms with Gasteiger partial charge in [-0.3, -0.25) is 10.1 Å². The lowest BCUT2D eigenvalue weighted by Crippen LogP contribution is -2.29. The van der Waals surface area contributed by atoms with Gasteiger partial charge in [0.25, 0.3) is 0 Å². The molecule has 39 heavy (non-hydrogen) atoms. The number of pyridine rings is 3. The first kappa shape index (κ1) is 23.2. The smallest absolute Gasteiger partial charge is 0.181 e. The maximum Gasteiger partial charge on any atom is 0.181 e.